The van der Waals surface area contributed by atoms with Crippen LogP contribution in [-0.4, -0.2) is 54.4 Å². The summed E-state index contributed by atoms with van der Waals surface area (Å²) < 4.78 is 5.81. The van der Waals surface area contributed by atoms with Gasteiger partial charge in [-0.15, -0.1) is 0 Å². The second-order valence-electron chi connectivity index (χ2n) is 5.26. The molecular formula is C14H21N3O3. The van der Waals surface area contributed by atoms with Gasteiger partial charge in [-0.2, -0.15) is 0 Å². The van der Waals surface area contributed by atoms with Crippen molar-refractivity contribution in [2.75, 3.05) is 14.1 Å². The summed E-state index contributed by atoms with van der Waals surface area (Å²) in [6, 6.07) is 8.28. The molecule has 0 heterocycles. The Labute approximate surface area is 118 Å². The lowest BCUT2D eigenvalue weighted by Gasteiger charge is -2.28. The first-order valence-electron chi connectivity index (χ1n) is 6.61. The Morgan fingerprint density at radius 3 is 2.60 bits per heavy atom. The van der Waals surface area contributed by atoms with Crippen molar-refractivity contribution in [3.63, 3.8) is 0 Å². The molecule has 2 amide bonds. The first-order chi connectivity index (χ1) is 9.49. The lowest BCUT2D eigenvalue weighted by molar-refractivity contribution is 0.0214. The molecule has 0 aromatic heterocycles. The van der Waals surface area contributed by atoms with E-state index < -0.39 is 12.1 Å². The summed E-state index contributed by atoms with van der Waals surface area (Å²) >= 11 is 0. The van der Waals surface area contributed by atoms with Gasteiger partial charge in [0.1, 0.15) is 18.0 Å². The third-order valence-electron chi connectivity index (χ3n) is 3.58. The van der Waals surface area contributed by atoms with Gasteiger partial charge in [0.15, 0.2) is 0 Å². The molecule has 1 aromatic carbocycles. The quantitative estimate of drug-likeness (QED) is 0.733. The Hall–Kier alpha value is -1.79. The van der Waals surface area contributed by atoms with E-state index in [2.05, 4.69) is 5.32 Å². The molecule has 0 bridgehead atoms. The van der Waals surface area contributed by atoms with Crippen molar-refractivity contribution in [1.29, 1.82) is 0 Å². The molecule has 1 fully saturated rings. The maximum atomic E-state index is 11.1. The molecule has 0 aliphatic heterocycles. The van der Waals surface area contributed by atoms with Crippen LogP contribution in [0.15, 0.2) is 30.3 Å². The van der Waals surface area contributed by atoms with Gasteiger partial charge in [0.05, 0.1) is 12.1 Å². The lowest BCUT2D eigenvalue weighted by atomic mass is 10.1. The number of nitrogens with one attached hydrogen (secondary N) is 1. The lowest BCUT2D eigenvalue weighted by Crippen LogP contribution is -2.51. The van der Waals surface area contributed by atoms with Crippen LogP contribution in [0.5, 0.6) is 5.75 Å². The number of aliphatic hydroxyl groups excluding tert-OH is 1. The summed E-state index contributed by atoms with van der Waals surface area (Å²) in [5.41, 5.74) is 5.19. The second kappa shape index (κ2) is 6.11. The van der Waals surface area contributed by atoms with Gasteiger partial charge in [-0.1, -0.05) is 18.2 Å². The predicted octanol–water partition coefficient (Wildman–Crippen LogP) is 0.166. The number of rotatable bonds is 4. The maximum Gasteiger partial charge on any atom is 0.312 e. The van der Waals surface area contributed by atoms with E-state index in [1.807, 2.05) is 49.3 Å². The van der Waals surface area contributed by atoms with Crippen LogP contribution in [0.3, 0.4) is 0 Å². The van der Waals surface area contributed by atoms with Crippen molar-refractivity contribution < 1.29 is 14.6 Å². The van der Waals surface area contributed by atoms with E-state index in [1.54, 1.807) is 0 Å². The molecule has 6 heteroatoms. The number of benzene rings is 1. The van der Waals surface area contributed by atoms with E-state index in [0.29, 0.717) is 12.2 Å². The SMILES string of the molecule is CN(C)[C@@H]1[C@@H](O)[C@H](Oc2ccccc2)C[C@H]1NC(N)=O. The maximum absolute atomic E-state index is 11.1. The van der Waals surface area contributed by atoms with Gasteiger partial charge in [-0.05, 0) is 26.2 Å². The van der Waals surface area contributed by atoms with E-state index >= 15 is 0 Å². The minimum absolute atomic E-state index is 0.226. The van der Waals surface area contributed by atoms with Crippen molar-refractivity contribution in [2.45, 2.75) is 30.7 Å². The number of nitrogens with zero attached hydrogens (tertiary/aromatic N) is 1. The van der Waals surface area contributed by atoms with Gasteiger partial charge in [-0.3, -0.25) is 0 Å². The molecule has 1 aromatic rings. The summed E-state index contributed by atoms with van der Waals surface area (Å²) in [7, 11) is 3.71. The van der Waals surface area contributed by atoms with Gasteiger partial charge >= 0.3 is 6.03 Å². The van der Waals surface area contributed by atoms with Crippen LogP contribution >= 0.6 is 0 Å². The molecule has 1 aliphatic rings. The molecule has 0 saturated heterocycles. The van der Waals surface area contributed by atoms with Crippen molar-refractivity contribution in [3.8, 4) is 5.75 Å². The fourth-order valence-corrected chi connectivity index (χ4v) is 2.77. The number of hydrogen-bond acceptors (Lipinski definition) is 4. The third-order valence-corrected chi connectivity index (χ3v) is 3.58. The molecule has 4 atom stereocenters. The monoisotopic (exact) mass is 279 g/mol. The number of carbonyl (C=O) groups is 1. The second-order valence-corrected chi connectivity index (χ2v) is 5.26. The molecule has 0 radical (unpaired) electrons. The van der Waals surface area contributed by atoms with E-state index in [-0.39, 0.29) is 18.2 Å². The van der Waals surface area contributed by atoms with Crippen LogP contribution < -0.4 is 15.8 Å². The molecule has 1 aliphatic carbocycles. The van der Waals surface area contributed by atoms with Crippen LogP contribution in [0.1, 0.15) is 6.42 Å². The average molecular weight is 279 g/mol. The fourth-order valence-electron chi connectivity index (χ4n) is 2.77. The van der Waals surface area contributed by atoms with Crippen LogP contribution in [0.4, 0.5) is 4.79 Å². The van der Waals surface area contributed by atoms with Crippen molar-refractivity contribution in [2.24, 2.45) is 5.73 Å². The number of carbonyl (C=O) groups excluding carboxylic acids is 1. The van der Waals surface area contributed by atoms with Crippen LogP contribution in [-0.2, 0) is 0 Å². The first-order valence-corrected chi connectivity index (χ1v) is 6.61. The third kappa shape index (κ3) is 3.20. The van der Waals surface area contributed by atoms with Crippen molar-refractivity contribution >= 4 is 6.03 Å². The Morgan fingerprint density at radius 1 is 1.40 bits per heavy atom. The molecular weight excluding hydrogens is 258 g/mol. The van der Waals surface area contributed by atoms with Crippen molar-refractivity contribution in [3.05, 3.63) is 30.3 Å². The van der Waals surface area contributed by atoms with E-state index in [0.717, 1.165) is 0 Å². The van der Waals surface area contributed by atoms with E-state index in [9.17, 15) is 9.90 Å². The van der Waals surface area contributed by atoms with Crippen LogP contribution in [0.25, 0.3) is 0 Å². The largest absolute Gasteiger partial charge is 0.488 e. The van der Waals surface area contributed by atoms with E-state index in [1.165, 1.54) is 0 Å². The Kier molecular flexibility index (Phi) is 4.46. The molecule has 0 spiro atoms. The number of aliphatic hydroxyl groups is 1. The van der Waals surface area contributed by atoms with Crippen LogP contribution in [0, 0.1) is 0 Å². The standard InChI is InChI=1S/C14H21N3O3/c1-17(2)12-10(16-14(15)19)8-11(13(12)18)20-9-6-4-3-5-7-9/h3-7,10-13,18H,8H2,1-2H3,(H3,15,16,19)/t10-,11-,12+,13+/m1/s1. The Morgan fingerprint density at radius 2 is 2.05 bits per heavy atom. The highest BCUT2D eigenvalue weighted by Gasteiger charge is 2.45. The number of para-hydroxylation sites is 1. The number of primary amides is 1. The fraction of sp³-hybridized carbons (Fsp3) is 0.500. The summed E-state index contributed by atoms with van der Waals surface area (Å²) in [5, 5.41) is 13.1. The van der Waals surface area contributed by atoms with Gasteiger partial charge in [-0.25, -0.2) is 4.79 Å². The molecule has 0 unspecified atom stereocenters. The van der Waals surface area contributed by atoms with E-state index in [4.69, 9.17) is 10.5 Å². The zero-order valence-corrected chi connectivity index (χ0v) is 11.7. The highest BCUT2D eigenvalue weighted by Crippen LogP contribution is 2.28. The van der Waals surface area contributed by atoms with Gasteiger partial charge in [0, 0.05) is 6.42 Å². The normalized spacial score (nSPS) is 29.4. The van der Waals surface area contributed by atoms with Gasteiger partial charge in [0.2, 0.25) is 0 Å². The number of urea groups is 1. The predicted molar refractivity (Wildman–Crippen MR) is 75.5 cm³/mol. The minimum atomic E-state index is -0.693. The molecule has 1 saturated carbocycles. The molecule has 2 rings (SSSR count). The number of likely N-dealkylation sites (N-methyl/N-ethyl adjacent to an activating group) is 1. The first kappa shape index (κ1) is 14.6. The molecule has 110 valence electrons. The smallest absolute Gasteiger partial charge is 0.312 e. The summed E-state index contributed by atoms with van der Waals surface area (Å²) in [5.74, 6) is 0.703. The topological polar surface area (TPSA) is 87.8 Å². The average Bonchev–Trinajstić information content (AvgIpc) is 2.66. The Bertz CT molecular complexity index is 452. The summed E-state index contributed by atoms with van der Waals surface area (Å²) in [6.07, 6.45) is -0.550. The summed E-state index contributed by atoms with van der Waals surface area (Å²) in [4.78, 5) is 12.9. The molecule has 6 nitrogen and oxygen atoms in total. The number of hydrogen-bond donors (Lipinski definition) is 3. The Balaban J connectivity index is 2.09. The molecule has 20 heavy (non-hydrogen) atoms. The zero-order chi connectivity index (χ0) is 14.7. The minimum Gasteiger partial charge on any atom is -0.488 e. The van der Waals surface area contributed by atoms with Gasteiger partial charge in [0.25, 0.3) is 0 Å². The van der Waals surface area contributed by atoms with Crippen LogP contribution in [0.2, 0.25) is 0 Å². The number of ether oxygens (including phenoxy) is 1. The summed E-state index contributed by atoms with van der Waals surface area (Å²) in [6.45, 7) is 0. The van der Waals surface area contributed by atoms with Gasteiger partial charge < -0.3 is 25.8 Å². The molecule has 4 N–H and O–H groups in total. The highest BCUT2D eigenvalue weighted by atomic mass is 16.5. The highest BCUT2D eigenvalue weighted by molar-refractivity contribution is 5.72. The number of amides is 2. The zero-order valence-electron chi connectivity index (χ0n) is 11.7. The number of nitrogens with two attached hydrogens (primary N) is 1. The van der Waals surface area contributed by atoms with Crippen molar-refractivity contribution in [1.82, 2.24) is 10.2 Å².